The van der Waals surface area contributed by atoms with Crippen LogP contribution in [0.25, 0.3) is 0 Å². The molecule has 1 aliphatic heterocycles. The van der Waals surface area contributed by atoms with E-state index in [9.17, 15) is 19.2 Å². The zero-order valence-corrected chi connectivity index (χ0v) is 19.2. The molecule has 3 aromatic rings. The van der Waals surface area contributed by atoms with E-state index in [-0.39, 0.29) is 17.5 Å². The van der Waals surface area contributed by atoms with Gasteiger partial charge in [-0.3, -0.25) is 24.1 Å². The maximum absolute atomic E-state index is 13.6. The Bertz CT molecular complexity index is 1280. The lowest BCUT2D eigenvalue weighted by Gasteiger charge is -2.25. The first-order valence-corrected chi connectivity index (χ1v) is 12.0. The smallest absolute Gasteiger partial charge is 0.262 e. The molecule has 0 bridgehead atoms. The molecule has 0 fully saturated rings. The zero-order valence-electron chi connectivity index (χ0n) is 18.4. The third-order valence-corrected chi connectivity index (χ3v) is 7.57. The zero-order chi connectivity index (χ0) is 23.8. The van der Waals surface area contributed by atoms with Gasteiger partial charge < -0.3 is 11.1 Å². The van der Waals surface area contributed by atoms with Gasteiger partial charge in [0.1, 0.15) is 11.0 Å². The number of carbonyl (C=O) groups is 4. The Hall–Kier alpha value is -3.78. The van der Waals surface area contributed by atoms with Crippen LogP contribution in [0, 0.1) is 0 Å². The van der Waals surface area contributed by atoms with Crippen molar-refractivity contribution in [3.63, 3.8) is 0 Å². The van der Waals surface area contributed by atoms with Crippen molar-refractivity contribution < 1.29 is 19.2 Å². The highest BCUT2D eigenvalue weighted by atomic mass is 32.1. The molecule has 34 heavy (non-hydrogen) atoms. The second-order valence-electron chi connectivity index (χ2n) is 8.50. The number of fused-ring (bicyclic) bond motifs is 2. The van der Waals surface area contributed by atoms with Crippen molar-refractivity contribution in [1.29, 1.82) is 0 Å². The van der Waals surface area contributed by atoms with Crippen molar-refractivity contribution in [2.45, 2.75) is 38.1 Å². The standard InChI is InChI=1S/C26H23N3O4S/c27-22(30)21-18-12-6-7-13-20(18)34-24(21)28-23(31)19(14-15-8-2-1-3-9-15)29-25(32)16-10-4-5-11-17(16)26(29)33/h1-5,8-11,19H,6-7,12-14H2,(H2,27,30)(H,28,31)/t19-/m1/s1. The number of primary amides is 1. The summed E-state index contributed by atoms with van der Waals surface area (Å²) in [6.07, 6.45) is 3.71. The molecule has 7 nitrogen and oxygen atoms in total. The van der Waals surface area contributed by atoms with Gasteiger partial charge in [-0.05, 0) is 48.9 Å². The first kappa shape index (κ1) is 22.0. The predicted octanol–water partition coefficient (Wildman–Crippen LogP) is 3.57. The lowest BCUT2D eigenvalue weighted by Crippen LogP contribution is -2.48. The van der Waals surface area contributed by atoms with Crippen LogP contribution in [0.2, 0.25) is 0 Å². The number of nitrogens with zero attached hydrogens (tertiary/aromatic N) is 1. The summed E-state index contributed by atoms with van der Waals surface area (Å²) >= 11 is 1.35. The second-order valence-corrected chi connectivity index (χ2v) is 9.61. The second kappa shape index (κ2) is 8.87. The van der Waals surface area contributed by atoms with E-state index in [0.717, 1.165) is 46.6 Å². The lowest BCUT2D eigenvalue weighted by molar-refractivity contribution is -0.119. The van der Waals surface area contributed by atoms with E-state index in [4.69, 9.17) is 5.73 Å². The normalized spacial score (nSPS) is 15.6. The molecule has 1 atom stereocenters. The molecule has 1 aliphatic carbocycles. The Labute approximate surface area is 200 Å². The number of aryl methyl sites for hydroxylation is 1. The van der Waals surface area contributed by atoms with Crippen LogP contribution in [0.5, 0.6) is 0 Å². The lowest BCUT2D eigenvalue weighted by atomic mass is 9.95. The molecular weight excluding hydrogens is 450 g/mol. The van der Waals surface area contributed by atoms with E-state index in [0.29, 0.717) is 10.6 Å². The van der Waals surface area contributed by atoms with E-state index in [1.165, 1.54) is 11.3 Å². The fourth-order valence-corrected chi connectivity index (χ4v) is 6.04. The van der Waals surface area contributed by atoms with Crippen LogP contribution in [-0.2, 0) is 24.1 Å². The van der Waals surface area contributed by atoms with Crippen LogP contribution in [0.15, 0.2) is 54.6 Å². The van der Waals surface area contributed by atoms with Crippen molar-refractivity contribution in [2.75, 3.05) is 5.32 Å². The third-order valence-electron chi connectivity index (χ3n) is 6.37. The van der Waals surface area contributed by atoms with Crippen LogP contribution in [0.1, 0.15) is 59.9 Å². The molecule has 0 spiro atoms. The Balaban J connectivity index is 1.51. The van der Waals surface area contributed by atoms with E-state index >= 15 is 0 Å². The van der Waals surface area contributed by atoms with E-state index in [2.05, 4.69) is 5.32 Å². The third kappa shape index (κ3) is 3.80. The molecule has 172 valence electrons. The number of nitrogens with one attached hydrogen (secondary N) is 1. The Morgan fingerprint density at radius 3 is 2.21 bits per heavy atom. The number of carbonyl (C=O) groups excluding carboxylic acids is 4. The van der Waals surface area contributed by atoms with Crippen LogP contribution in [-0.4, -0.2) is 34.6 Å². The molecule has 0 unspecified atom stereocenters. The van der Waals surface area contributed by atoms with E-state index in [1.807, 2.05) is 30.3 Å². The van der Waals surface area contributed by atoms with Gasteiger partial charge in [-0.25, -0.2) is 0 Å². The molecule has 0 radical (unpaired) electrons. The minimum Gasteiger partial charge on any atom is -0.365 e. The summed E-state index contributed by atoms with van der Waals surface area (Å²) < 4.78 is 0. The van der Waals surface area contributed by atoms with Crippen molar-refractivity contribution in [1.82, 2.24) is 4.90 Å². The van der Waals surface area contributed by atoms with Gasteiger partial charge in [0, 0.05) is 11.3 Å². The highest BCUT2D eigenvalue weighted by Crippen LogP contribution is 2.38. The monoisotopic (exact) mass is 473 g/mol. The summed E-state index contributed by atoms with van der Waals surface area (Å²) in [5.74, 6) is -2.12. The summed E-state index contributed by atoms with van der Waals surface area (Å²) in [5, 5.41) is 3.23. The van der Waals surface area contributed by atoms with Crippen molar-refractivity contribution >= 4 is 40.0 Å². The van der Waals surface area contributed by atoms with Gasteiger partial charge in [-0.15, -0.1) is 11.3 Å². The van der Waals surface area contributed by atoms with Gasteiger partial charge in [0.05, 0.1) is 16.7 Å². The molecule has 0 saturated heterocycles. The summed E-state index contributed by atoms with van der Waals surface area (Å²) in [6, 6.07) is 14.7. The fraction of sp³-hybridized carbons (Fsp3) is 0.231. The average Bonchev–Trinajstić information content (AvgIpc) is 3.33. The number of benzene rings is 2. The van der Waals surface area contributed by atoms with E-state index in [1.54, 1.807) is 24.3 Å². The SMILES string of the molecule is NC(=O)c1c(NC(=O)[C@@H](Cc2ccccc2)N2C(=O)c3ccccc3C2=O)sc2c1CCCC2. The number of rotatable bonds is 6. The number of hydrogen-bond acceptors (Lipinski definition) is 5. The summed E-state index contributed by atoms with van der Waals surface area (Å²) in [6.45, 7) is 0. The number of hydrogen-bond donors (Lipinski definition) is 2. The molecule has 8 heteroatoms. The number of imide groups is 1. The summed E-state index contributed by atoms with van der Waals surface area (Å²) in [5.41, 5.74) is 8.29. The van der Waals surface area contributed by atoms with Gasteiger partial charge >= 0.3 is 0 Å². The molecule has 4 amide bonds. The van der Waals surface area contributed by atoms with Gasteiger partial charge in [-0.1, -0.05) is 42.5 Å². The van der Waals surface area contributed by atoms with E-state index < -0.39 is 29.7 Å². The Kier molecular flexibility index (Phi) is 5.75. The fourth-order valence-electron chi connectivity index (χ4n) is 4.74. The molecular formula is C26H23N3O4S. The van der Waals surface area contributed by atoms with Crippen LogP contribution < -0.4 is 11.1 Å². The van der Waals surface area contributed by atoms with Crippen LogP contribution >= 0.6 is 11.3 Å². The molecule has 2 aliphatic rings. The molecule has 5 rings (SSSR count). The van der Waals surface area contributed by atoms with Crippen LogP contribution in [0.4, 0.5) is 5.00 Å². The minimum atomic E-state index is -1.09. The molecule has 2 heterocycles. The van der Waals surface area contributed by atoms with Crippen molar-refractivity contribution in [2.24, 2.45) is 5.73 Å². The van der Waals surface area contributed by atoms with Gasteiger partial charge in [0.15, 0.2) is 0 Å². The molecule has 1 aromatic heterocycles. The molecule has 0 saturated carbocycles. The van der Waals surface area contributed by atoms with Crippen molar-refractivity contribution in [3.8, 4) is 0 Å². The maximum atomic E-state index is 13.6. The minimum absolute atomic E-state index is 0.148. The number of anilines is 1. The first-order chi connectivity index (χ1) is 16.5. The highest BCUT2D eigenvalue weighted by Gasteiger charge is 2.43. The number of nitrogens with two attached hydrogens (primary N) is 1. The van der Waals surface area contributed by atoms with Crippen molar-refractivity contribution in [3.05, 3.63) is 87.3 Å². The quantitative estimate of drug-likeness (QED) is 0.533. The predicted molar refractivity (Wildman–Crippen MR) is 129 cm³/mol. The maximum Gasteiger partial charge on any atom is 0.262 e. The molecule has 2 aromatic carbocycles. The van der Waals surface area contributed by atoms with Gasteiger partial charge in [0.2, 0.25) is 5.91 Å². The number of amides is 4. The number of thiophene rings is 1. The topological polar surface area (TPSA) is 110 Å². The van der Waals surface area contributed by atoms with Gasteiger partial charge in [-0.2, -0.15) is 0 Å². The largest absolute Gasteiger partial charge is 0.365 e. The van der Waals surface area contributed by atoms with Crippen LogP contribution in [0.3, 0.4) is 0 Å². The highest BCUT2D eigenvalue weighted by molar-refractivity contribution is 7.17. The summed E-state index contributed by atoms with van der Waals surface area (Å²) in [4.78, 5) is 54.3. The van der Waals surface area contributed by atoms with Gasteiger partial charge in [0.25, 0.3) is 17.7 Å². The average molecular weight is 474 g/mol. The Morgan fingerprint density at radius 1 is 0.941 bits per heavy atom. The Morgan fingerprint density at radius 2 is 1.56 bits per heavy atom. The first-order valence-electron chi connectivity index (χ1n) is 11.2. The summed E-state index contributed by atoms with van der Waals surface area (Å²) in [7, 11) is 0. The molecule has 3 N–H and O–H groups in total.